The van der Waals surface area contributed by atoms with E-state index in [1.54, 1.807) is 10.5 Å². The topological polar surface area (TPSA) is 59.2 Å². The van der Waals surface area contributed by atoms with Crippen LogP contribution in [0.5, 0.6) is 0 Å². The van der Waals surface area contributed by atoms with Crippen molar-refractivity contribution in [1.82, 2.24) is 24.6 Å². The third kappa shape index (κ3) is 4.07. The van der Waals surface area contributed by atoms with Gasteiger partial charge in [-0.05, 0) is 47.5 Å². The van der Waals surface area contributed by atoms with Gasteiger partial charge in [-0.15, -0.1) is 10.2 Å². The van der Waals surface area contributed by atoms with Crippen LogP contribution in [0.3, 0.4) is 0 Å². The first kappa shape index (κ1) is 21.1. The van der Waals surface area contributed by atoms with E-state index in [1.807, 2.05) is 60.5 Å². The van der Waals surface area contributed by atoms with Gasteiger partial charge in [0.15, 0.2) is 0 Å². The zero-order valence-corrected chi connectivity index (χ0v) is 18.0. The molecule has 10 heteroatoms. The fraction of sp³-hybridized carbons (Fsp3) is 0.130. The van der Waals surface area contributed by atoms with Crippen molar-refractivity contribution in [1.29, 1.82) is 0 Å². The molecule has 0 saturated carbocycles. The Kier molecular flexibility index (Phi) is 5.13. The van der Waals surface area contributed by atoms with E-state index in [4.69, 9.17) is 11.6 Å². The molecule has 5 aromatic rings. The number of hydrogen-bond donors (Lipinski definition) is 0. The maximum Gasteiger partial charge on any atom is 0.394 e. The summed E-state index contributed by atoms with van der Waals surface area (Å²) in [6, 6.07) is 18.3. The number of pyridine rings is 1. The Hall–Kier alpha value is -3.72. The summed E-state index contributed by atoms with van der Waals surface area (Å²) in [5.41, 5.74) is 3.17. The van der Waals surface area contributed by atoms with Crippen molar-refractivity contribution < 1.29 is 13.2 Å². The van der Waals surface area contributed by atoms with Crippen LogP contribution in [0, 0.1) is 0 Å². The van der Waals surface area contributed by atoms with E-state index in [0.29, 0.717) is 17.2 Å². The van der Waals surface area contributed by atoms with Crippen LogP contribution in [0.1, 0.15) is 5.69 Å². The van der Waals surface area contributed by atoms with E-state index in [0.717, 1.165) is 22.2 Å². The standard InChI is InChI=1S/C23H16ClF3N6/c1-32(20-18-7-2-3-8-19(18)33-21(24)30-31-22(33)29-20)17-6-4-5-14(11-17)15-9-10-16(28-13-15)12-23(25,26)27/h2-11,13H,12H2,1H3. The summed E-state index contributed by atoms with van der Waals surface area (Å²) in [6.45, 7) is 0. The minimum Gasteiger partial charge on any atom is -0.329 e. The quantitative estimate of drug-likeness (QED) is 0.330. The van der Waals surface area contributed by atoms with Crippen LogP contribution in [-0.2, 0) is 6.42 Å². The number of anilines is 2. The molecule has 3 heterocycles. The Morgan fingerprint density at radius 3 is 2.55 bits per heavy atom. The summed E-state index contributed by atoms with van der Waals surface area (Å²) in [6.07, 6.45) is -3.88. The number of hydrogen-bond acceptors (Lipinski definition) is 5. The largest absolute Gasteiger partial charge is 0.394 e. The fourth-order valence-corrected chi connectivity index (χ4v) is 3.93. The summed E-state index contributed by atoms with van der Waals surface area (Å²) in [5.74, 6) is 1.04. The normalized spacial score (nSPS) is 11.9. The highest BCUT2D eigenvalue weighted by Crippen LogP contribution is 2.33. The minimum absolute atomic E-state index is 0.0181. The first-order valence-electron chi connectivity index (χ1n) is 9.95. The molecule has 0 aliphatic rings. The van der Waals surface area contributed by atoms with E-state index < -0.39 is 12.6 Å². The fourth-order valence-electron chi connectivity index (χ4n) is 3.73. The molecular formula is C23H16ClF3N6. The molecule has 0 atom stereocenters. The smallest absolute Gasteiger partial charge is 0.329 e. The van der Waals surface area contributed by atoms with Gasteiger partial charge in [0.05, 0.1) is 11.9 Å². The molecule has 0 saturated heterocycles. The average Bonchev–Trinajstić information content (AvgIpc) is 3.18. The molecule has 0 unspecified atom stereocenters. The molecule has 0 N–H and O–H groups in total. The first-order valence-corrected chi connectivity index (χ1v) is 10.3. The lowest BCUT2D eigenvalue weighted by Crippen LogP contribution is -2.13. The van der Waals surface area contributed by atoms with Gasteiger partial charge in [-0.3, -0.25) is 4.98 Å². The summed E-state index contributed by atoms with van der Waals surface area (Å²) in [4.78, 5) is 10.6. The Balaban J connectivity index is 1.53. The summed E-state index contributed by atoms with van der Waals surface area (Å²) in [7, 11) is 1.88. The molecule has 5 rings (SSSR count). The summed E-state index contributed by atoms with van der Waals surface area (Å²) >= 11 is 6.20. The molecule has 166 valence electrons. The van der Waals surface area contributed by atoms with Crippen molar-refractivity contribution in [3.05, 3.63) is 77.8 Å². The maximum atomic E-state index is 12.6. The zero-order valence-electron chi connectivity index (χ0n) is 17.3. The Bertz CT molecular complexity index is 1460. The van der Waals surface area contributed by atoms with Crippen molar-refractivity contribution in [2.75, 3.05) is 11.9 Å². The summed E-state index contributed by atoms with van der Waals surface area (Å²) < 4.78 is 39.5. The van der Waals surface area contributed by atoms with Crippen LogP contribution in [0.15, 0.2) is 66.9 Å². The number of para-hydroxylation sites is 1. The van der Waals surface area contributed by atoms with Crippen LogP contribution in [0.2, 0.25) is 5.28 Å². The van der Waals surface area contributed by atoms with Crippen molar-refractivity contribution in [2.24, 2.45) is 0 Å². The molecule has 3 aromatic heterocycles. The van der Waals surface area contributed by atoms with Crippen LogP contribution in [-0.4, -0.2) is 37.8 Å². The Morgan fingerprint density at radius 2 is 1.79 bits per heavy atom. The third-order valence-electron chi connectivity index (χ3n) is 5.29. The van der Waals surface area contributed by atoms with Crippen LogP contribution in [0.25, 0.3) is 27.8 Å². The molecular weight excluding hydrogens is 453 g/mol. The van der Waals surface area contributed by atoms with E-state index in [2.05, 4.69) is 20.2 Å². The molecule has 0 radical (unpaired) electrons. The van der Waals surface area contributed by atoms with Gasteiger partial charge in [0, 0.05) is 35.6 Å². The van der Waals surface area contributed by atoms with Crippen LogP contribution >= 0.6 is 11.6 Å². The molecule has 33 heavy (non-hydrogen) atoms. The van der Waals surface area contributed by atoms with Gasteiger partial charge >= 0.3 is 6.18 Å². The lowest BCUT2D eigenvalue weighted by molar-refractivity contribution is -0.127. The molecule has 0 spiro atoms. The molecule has 0 fully saturated rings. The van der Waals surface area contributed by atoms with Gasteiger partial charge in [-0.1, -0.05) is 30.3 Å². The molecule has 0 aliphatic carbocycles. The second-order valence-corrected chi connectivity index (χ2v) is 7.83. The van der Waals surface area contributed by atoms with Gasteiger partial charge in [0.25, 0.3) is 5.78 Å². The van der Waals surface area contributed by atoms with Crippen molar-refractivity contribution >= 4 is 39.8 Å². The highest BCUT2D eigenvalue weighted by Gasteiger charge is 2.28. The van der Waals surface area contributed by atoms with Gasteiger partial charge in [-0.2, -0.15) is 18.2 Å². The lowest BCUT2D eigenvalue weighted by Gasteiger charge is -2.21. The summed E-state index contributed by atoms with van der Waals surface area (Å²) in [5, 5.41) is 9.07. The third-order valence-corrected chi connectivity index (χ3v) is 5.53. The zero-order chi connectivity index (χ0) is 23.2. The average molecular weight is 469 g/mol. The molecule has 0 bridgehead atoms. The predicted octanol–water partition coefficient (Wildman–Crippen LogP) is 5.87. The molecule has 0 aliphatic heterocycles. The minimum atomic E-state index is -4.29. The predicted molar refractivity (Wildman–Crippen MR) is 121 cm³/mol. The molecule has 2 aromatic carbocycles. The Morgan fingerprint density at radius 1 is 0.970 bits per heavy atom. The van der Waals surface area contributed by atoms with E-state index in [9.17, 15) is 13.2 Å². The number of aromatic nitrogens is 5. The van der Waals surface area contributed by atoms with E-state index in [-0.39, 0.29) is 11.0 Å². The lowest BCUT2D eigenvalue weighted by atomic mass is 10.1. The SMILES string of the molecule is CN(c1cccc(-c2ccc(CC(F)(F)F)nc2)c1)c1nc2nnc(Cl)n2c2ccccc12. The molecule has 0 amide bonds. The van der Waals surface area contributed by atoms with Crippen molar-refractivity contribution in [3.63, 3.8) is 0 Å². The molecule has 6 nitrogen and oxygen atoms in total. The highest BCUT2D eigenvalue weighted by atomic mass is 35.5. The number of fused-ring (bicyclic) bond motifs is 3. The Labute approximate surface area is 191 Å². The van der Waals surface area contributed by atoms with Crippen molar-refractivity contribution in [2.45, 2.75) is 12.6 Å². The van der Waals surface area contributed by atoms with Gasteiger partial charge in [-0.25, -0.2) is 4.40 Å². The van der Waals surface area contributed by atoms with Crippen molar-refractivity contribution in [3.8, 4) is 11.1 Å². The number of halogens is 4. The first-order chi connectivity index (χ1) is 15.8. The monoisotopic (exact) mass is 468 g/mol. The highest BCUT2D eigenvalue weighted by molar-refractivity contribution is 6.29. The van der Waals surface area contributed by atoms with Crippen LogP contribution < -0.4 is 4.90 Å². The number of rotatable bonds is 4. The second kappa shape index (κ2) is 8.00. The van der Waals surface area contributed by atoms with Gasteiger partial charge in [0.1, 0.15) is 5.82 Å². The maximum absolute atomic E-state index is 12.6. The second-order valence-electron chi connectivity index (χ2n) is 7.50. The van der Waals surface area contributed by atoms with Crippen LogP contribution in [0.4, 0.5) is 24.7 Å². The number of nitrogens with zero attached hydrogens (tertiary/aromatic N) is 6. The van der Waals surface area contributed by atoms with E-state index in [1.165, 1.54) is 12.3 Å². The van der Waals surface area contributed by atoms with Gasteiger partial charge in [0.2, 0.25) is 5.28 Å². The van der Waals surface area contributed by atoms with Gasteiger partial charge < -0.3 is 4.90 Å². The van der Waals surface area contributed by atoms with E-state index >= 15 is 0 Å². The number of alkyl halides is 3. The number of benzene rings is 2.